The number of rotatable bonds is 7. The van der Waals surface area contributed by atoms with Crippen LogP contribution in [0.3, 0.4) is 0 Å². The van der Waals surface area contributed by atoms with Gasteiger partial charge < -0.3 is 10.0 Å². The molecule has 0 spiro atoms. The van der Waals surface area contributed by atoms with Gasteiger partial charge in [-0.3, -0.25) is 4.79 Å². The van der Waals surface area contributed by atoms with E-state index in [-0.39, 0.29) is 11.5 Å². The van der Waals surface area contributed by atoms with Crippen LogP contribution in [-0.2, 0) is 11.2 Å². The topological polar surface area (TPSA) is 57.6 Å². The van der Waals surface area contributed by atoms with Crippen molar-refractivity contribution in [2.75, 3.05) is 13.6 Å². The van der Waals surface area contributed by atoms with Crippen molar-refractivity contribution in [3.05, 3.63) is 35.4 Å². The molecule has 0 aliphatic rings. The summed E-state index contributed by atoms with van der Waals surface area (Å²) < 4.78 is 0. The highest BCUT2D eigenvalue weighted by molar-refractivity contribution is 5.87. The Hall–Kier alpha value is -1.84. The van der Waals surface area contributed by atoms with Crippen LogP contribution in [-0.4, -0.2) is 35.5 Å². The number of amides is 1. The van der Waals surface area contributed by atoms with E-state index < -0.39 is 5.97 Å². The van der Waals surface area contributed by atoms with Gasteiger partial charge in [0.25, 0.3) is 0 Å². The molecule has 4 heteroatoms. The van der Waals surface area contributed by atoms with Gasteiger partial charge in [0.05, 0.1) is 5.56 Å². The van der Waals surface area contributed by atoms with E-state index in [1.54, 1.807) is 29.2 Å². The second kappa shape index (κ2) is 7.68. The second-order valence-corrected chi connectivity index (χ2v) is 5.29. The average molecular weight is 277 g/mol. The van der Waals surface area contributed by atoms with Crippen LogP contribution in [0.15, 0.2) is 24.3 Å². The van der Waals surface area contributed by atoms with Crippen molar-refractivity contribution >= 4 is 11.9 Å². The van der Waals surface area contributed by atoms with Crippen molar-refractivity contribution < 1.29 is 14.7 Å². The van der Waals surface area contributed by atoms with Gasteiger partial charge in [-0.15, -0.1) is 0 Å². The van der Waals surface area contributed by atoms with Crippen LogP contribution < -0.4 is 0 Å². The quantitative estimate of drug-likeness (QED) is 0.833. The van der Waals surface area contributed by atoms with Gasteiger partial charge in [-0.1, -0.05) is 32.4 Å². The molecule has 0 bridgehead atoms. The standard InChI is InChI=1S/C16H23NO3/c1-4-12(2)11-17(3)15(18)10-7-13-5-8-14(9-6-13)16(19)20/h5-6,8-9,12H,4,7,10-11H2,1-3H3,(H,19,20). The zero-order valence-electron chi connectivity index (χ0n) is 12.4. The lowest BCUT2D eigenvalue weighted by Crippen LogP contribution is -2.31. The first-order valence-corrected chi connectivity index (χ1v) is 7.00. The summed E-state index contributed by atoms with van der Waals surface area (Å²) in [5.41, 5.74) is 1.26. The first-order valence-electron chi connectivity index (χ1n) is 7.00. The largest absolute Gasteiger partial charge is 0.478 e. The maximum atomic E-state index is 12.0. The van der Waals surface area contributed by atoms with Crippen molar-refractivity contribution in [3.63, 3.8) is 0 Å². The van der Waals surface area contributed by atoms with Crippen LogP contribution in [0.1, 0.15) is 42.6 Å². The van der Waals surface area contributed by atoms with Crippen molar-refractivity contribution in [3.8, 4) is 0 Å². The molecule has 1 unspecified atom stereocenters. The first kappa shape index (κ1) is 16.2. The van der Waals surface area contributed by atoms with Gasteiger partial charge in [0.15, 0.2) is 0 Å². The summed E-state index contributed by atoms with van der Waals surface area (Å²) in [4.78, 5) is 24.5. The fourth-order valence-electron chi connectivity index (χ4n) is 1.95. The highest BCUT2D eigenvalue weighted by Crippen LogP contribution is 2.09. The highest BCUT2D eigenvalue weighted by atomic mass is 16.4. The molecule has 0 aliphatic heterocycles. The normalized spacial score (nSPS) is 11.9. The molecular formula is C16H23NO3. The first-order chi connectivity index (χ1) is 9.43. The SMILES string of the molecule is CCC(C)CN(C)C(=O)CCc1ccc(C(=O)O)cc1. The third kappa shape index (κ3) is 5.03. The average Bonchev–Trinajstić information content (AvgIpc) is 2.44. The Bertz CT molecular complexity index is 453. The van der Waals surface area contributed by atoms with E-state index in [0.29, 0.717) is 18.8 Å². The van der Waals surface area contributed by atoms with Gasteiger partial charge in [0.1, 0.15) is 0 Å². The number of carbonyl (C=O) groups excluding carboxylic acids is 1. The summed E-state index contributed by atoms with van der Waals surface area (Å²) in [6.07, 6.45) is 2.16. The van der Waals surface area contributed by atoms with Crippen LogP contribution in [0.2, 0.25) is 0 Å². The van der Waals surface area contributed by atoms with E-state index in [9.17, 15) is 9.59 Å². The van der Waals surface area contributed by atoms with Gasteiger partial charge in [0, 0.05) is 20.0 Å². The molecule has 0 aliphatic carbocycles. The van der Waals surface area contributed by atoms with E-state index in [1.165, 1.54) is 0 Å². The molecule has 1 atom stereocenters. The number of aromatic carboxylic acids is 1. The van der Waals surface area contributed by atoms with Crippen molar-refractivity contribution in [1.82, 2.24) is 4.90 Å². The minimum Gasteiger partial charge on any atom is -0.478 e. The predicted molar refractivity (Wildman–Crippen MR) is 78.8 cm³/mol. The monoisotopic (exact) mass is 277 g/mol. The van der Waals surface area contributed by atoms with E-state index in [2.05, 4.69) is 13.8 Å². The van der Waals surface area contributed by atoms with Gasteiger partial charge in [0.2, 0.25) is 5.91 Å². The summed E-state index contributed by atoms with van der Waals surface area (Å²) in [7, 11) is 1.84. The lowest BCUT2D eigenvalue weighted by molar-refractivity contribution is -0.130. The van der Waals surface area contributed by atoms with Gasteiger partial charge >= 0.3 is 5.97 Å². The smallest absolute Gasteiger partial charge is 0.335 e. The Kier molecular flexibility index (Phi) is 6.22. The summed E-state index contributed by atoms with van der Waals surface area (Å²) in [5.74, 6) is -0.285. The molecule has 1 rings (SSSR count). The van der Waals surface area contributed by atoms with Crippen LogP contribution in [0.4, 0.5) is 0 Å². The summed E-state index contributed by atoms with van der Waals surface area (Å²) in [6.45, 7) is 5.04. The molecule has 1 N–H and O–H groups in total. The number of hydrogen-bond acceptors (Lipinski definition) is 2. The molecule has 1 aromatic rings. The van der Waals surface area contributed by atoms with Gasteiger partial charge in [-0.05, 0) is 30.0 Å². The molecule has 0 aromatic heterocycles. The molecule has 0 heterocycles. The molecule has 0 saturated heterocycles. The third-order valence-corrected chi connectivity index (χ3v) is 3.54. The highest BCUT2D eigenvalue weighted by Gasteiger charge is 2.11. The van der Waals surface area contributed by atoms with Crippen LogP contribution in [0.5, 0.6) is 0 Å². The van der Waals surface area contributed by atoms with Crippen molar-refractivity contribution in [1.29, 1.82) is 0 Å². The zero-order valence-corrected chi connectivity index (χ0v) is 12.4. The Morgan fingerprint density at radius 2 is 1.85 bits per heavy atom. The van der Waals surface area contributed by atoms with Crippen molar-refractivity contribution in [2.45, 2.75) is 33.1 Å². The molecule has 0 fully saturated rings. The maximum absolute atomic E-state index is 12.0. The van der Waals surface area contributed by atoms with E-state index >= 15 is 0 Å². The van der Waals surface area contributed by atoms with Crippen LogP contribution in [0.25, 0.3) is 0 Å². The lowest BCUT2D eigenvalue weighted by Gasteiger charge is -2.20. The summed E-state index contributed by atoms with van der Waals surface area (Å²) in [6, 6.07) is 6.69. The number of benzene rings is 1. The van der Waals surface area contributed by atoms with E-state index in [4.69, 9.17) is 5.11 Å². The zero-order chi connectivity index (χ0) is 15.1. The molecule has 4 nitrogen and oxygen atoms in total. The second-order valence-electron chi connectivity index (χ2n) is 5.29. The molecule has 1 aromatic carbocycles. The fourth-order valence-corrected chi connectivity index (χ4v) is 1.95. The van der Waals surface area contributed by atoms with Crippen molar-refractivity contribution in [2.24, 2.45) is 5.92 Å². The molecule has 20 heavy (non-hydrogen) atoms. The maximum Gasteiger partial charge on any atom is 0.335 e. The molecule has 110 valence electrons. The summed E-state index contributed by atoms with van der Waals surface area (Å²) in [5, 5.41) is 8.81. The Labute approximate surface area is 120 Å². The third-order valence-electron chi connectivity index (χ3n) is 3.54. The van der Waals surface area contributed by atoms with Gasteiger partial charge in [-0.2, -0.15) is 0 Å². The number of hydrogen-bond donors (Lipinski definition) is 1. The van der Waals surface area contributed by atoms with E-state index in [0.717, 1.165) is 18.5 Å². The van der Waals surface area contributed by atoms with E-state index in [1.807, 2.05) is 7.05 Å². The number of carboxylic acid groups (broad SMARTS) is 1. The predicted octanol–water partition coefficient (Wildman–Crippen LogP) is 2.82. The minimum atomic E-state index is -0.930. The molecule has 1 amide bonds. The Morgan fingerprint density at radius 3 is 2.35 bits per heavy atom. The lowest BCUT2D eigenvalue weighted by atomic mass is 10.1. The minimum absolute atomic E-state index is 0.132. The number of carbonyl (C=O) groups is 2. The number of nitrogens with zero attached hydrogens (tertiary/aromatic N) is 1. The fraction of sp³-hybridized carbons (Fsp3) is 0.500. The Morgan fingerprint density at radius 1 is 1.25 bits per heavy atom. The van der Waals surface area contributed by atoms with Crippen LogP contribution in [0, 0.1) is 5.92 Å². The molecule has 0 radical (unpaired) electrons. The molecular weight excluding hydrogens is 254 g/mol. The van der Waals surface area contributed by atoms with Crippen LogP contribution >= 0.6 is 0 Å². The number of aryl methyl sites for hydroxylation is 1. The Balaban J connectivity index is 2.46. The number of carboxylic acids is 1. The summed E-state index contributed by atoms with van der Waals surface area (Å²) >= 11 is 0. The van der Waals surface area contributed by atoms with Gasteiger partial charge in [-0.25, -0.2) is 4.79 Å². The molecule has 0 saturated carbocycles.